The maximum atomic E-state index is 12.4. The maximum absolute atomic E-state index is 12.4. The third-order valence-corrected chi connectivity index (χ3v) is 4.54. The van der Waals surface area contributed by atoms with Crippen LogP contribution in [0, 0.1) is 0 Å². The summed E-state index contributed by atoms with van der Waals surface area (Å²) in [4.78, 5) is 26.3. The highest BCUT2D eigenvalue weighted by Crippen LogP contribution is 2.23. The molecule has 1 aliphatic rings. The zero-order valence-electron chi connectivity index (χ0n) is 11.9. The van der Waals surface area contributed by atoms with Crippen molar-refractivity contribution < 1.29 is 14.0 Å². The summed E-state index contributed by atoms with van der Waals surface area (Å²) in [6, 6.07) is 10.9. The highest BCUT2D eigenvalue weighted by atomic mass is 32.2. The van der Waals surface area contributed by atoms with Crippen LogP contribution in [-0.2, 0) is 11.3 Å². The molecule has 2 aromatic rings. The van der Waals surface area contributed by atoms with Crippen molar-refractivity contribution in [2.75, 3.05) is 11.6 Å². The number of furan rings is 1. The summed E-state index contributed by atoms with van der Waals surface area (Å²) < 4.78 is 4.94. The standard InChI is InChI=1S/C16H16N2O3S/c19-15(17-8-12-4-2-1-3-5-12)14-10-22-11-18(14)16(20)13-6-7-21-9-13/h1-7,9,14H,8,10-11H2,(H,17,19). The van der Waals surface area contributed by atoms with E-state index in [1.165, 1.54) is 12.5 Å². The Morgan fingerprint density at radius 3 is 2.82 bits per heavy atom. The van der Waals surface area contributed by atoms with Crippen LogP contribution in [0.2, 0.25) is 0 Å². The number of hydrogen-bond donors (Lipinski definition) is 1. The molecule has 2 amide bonds. The fraction of sp³-hybridized carbons (Fsp3) is 0.250. The van der Waals surface area contributed by atoms with Crippen molar-refractivity contribution in [3.63, 3.8) is 0 Å². The number of carbonyl (C=O) groups is 2. The van der Waals surface area contributed by atoms with Gasteiger partial charge in [0.2, 0.25) is 5.91 Å². The summed E-state index contributed by atoms with van der Waals surface area (Å²) in [6.07, 6.45) is 2.87. The molecule has 0 bridgehead atoms. The molecule has 2 heterocycles. The molecule has 1 saturated heterocycles. The lowest BCUT2D eigenvalue weighted by Crippen LogP contribution is -2.47. The molecule has 0 radical (unpaired) electrons. The van der Waals surface area contributed by atoms with E-state index >= 15 is 0 Å². The van der Waals surface area contributed by atoms with Crippen LogP contribution in [-0.4, -0.2) is 34.4 Å². The fourth-order valence-corrected chi connectivity index (χ4v) is 3.47. The summed E-state index contributed by atoms with van der Waals surface area (Å²) in [7, 11) is 0. The number of benzene rings is 1. The fourth-order valence-electron chi connectivity index (χ4n) is 2.31. The van der Waals surface area contributed by atoms with E-state index in [9.17, 15) is 9.59 Å². The third-order valence-electron chi connectivity index (χ3n) is 3.52. The molecule has 114 valence electrons. The number of amides is 2. The van der Waals surface area contributed by atoms with Crippen molar-refractivity contribution in [3.05, 3.63) is 60.1 Å². The Bertz CT molecular complexity index is 643. The van der Waals surface area contributed by atoms with Gasteiger partial charge in [0, 0.05) is 12.3 Å². The Labute approximate surface area is 132 Å². The molecule has 0 saturated carbocycles. The van der Waals surface area contributed by atoms with Crippen LogP contribution in [0.1, 0.15) is 15.9 Å². The minimum absolute atomic E-state index is 0.120. The van der Waals surface area contributed by atoms with Gasteiger partial charge in [0.1, 0.15) is 12.3 Å². The molecule has 1 aromatic heterocycles. The Hall–Kier alpha value is -2.21. The summed E-state index contributed by atoms with van der Waals surface area (Å²) >= 11 is 1.58. The average Bonchev–Trinajstić information content (AvgIpc) is 3.24. The van der Waals surface area contributed by atoms with E-state index in [0.717, 1.165) is 5.56 Å². The van der Waals surface area contributed by atoms with Gasteiger partial charge in [-0.25, -0.2) is 0 Å². The van der Waals surface area contributed by atoms with Crippen LogP contribution in [0.4, 0.5) is 0 Å². The van der Waals surface area contributed by atoms with E-state index in [0.29, 0.717) is 23.7 Å². The molecule has 22 heavy (non-hydrogen) atoms. The van der Waals surface area contributed by atoms with Gasteiger partial charge in [0.15, 0.2) is 0 Å². The predicted molar refractivity (Wildman–Crippen MR) is 84.3 cm³/mol. The van der Waals surface area contributed by atoms with E-state index in [1.807, 2.05) is 30.3 Å². The lowest BCUT2D eigenvalue weighted by molar-refractivity contribution is -0.124. The lowest BCUT2D eigenvalue weighted by Gasteiger charge is -2.22. The third kappa shape index (κ3) is 3.17. The topological polar surface area (TPSA) is 62.6 Å². The van der Waals surface area contributed by atoms with Crippen molar-refractivity contribution in [1.29, 1.82) is 0 Å². The molecule has 0 aliphatic carbocycles. The lowest BCUT2D eigenvalue weighted by atomic mass is 10.2. The minimum atomic E-state index is -0.434. The summed E-state index contributed by atoms with van der Waals surface area (Å²) in [6.45, 7) is 0.467. The van der Waals surface area contributed by atoms with E-state index in [2.05, 4.69) is 5.32 Å². The molecule has 1 aliphatic heterocycles. The molecular formula is C16H16N2O3S. The van der Waals surface area contributed by atoms with Gasteiger partial charge in [-0.2, -0.15) is 0 Å². The van der Waals surface area contributed by atoms with Crippen molar-refractivity contribution in [1.82, 2.24) is 10.2 Å². The number of thioether (sulfide) groups is 1. The Balaban J connectivity index is 1.62. The molecule has 1 fully saturated rings. The van der Waals surface area contributed by atoms with E-state index in [4.69, 9.17) is 4.42 Å². The Kier molecular flexibility index (Phi) is 4.48. The molecule has 1 unspecified atom stereocenters. The first-order chi connectivity index (χ1) is 10.8. The number of nitrogens with one attached hydrogen (secondary N) is 1. The van der Waals surface area contributed by atoms with Crippen LogP contribution in [0.15, 0.2) is 53.3 Å². The van der Waals surface area contributed by atoms with Crippen molar-refractivity contribution in [2.24, 2.45) is 0 Å². The molecule has 1 N–H and O–H groups in total. The smallest absolute Gasteiger partial charge is 0.258 e. The first kappa shape index (κ1) is 14.7. The number of carbonyl (C=O) groups excluding carboxylic acids is 2. The maximum Gasteiger partial charge on any atom is 0.258 e. The van der Waals surface area contributed by atoms with Gasteiger partial charge in [-0.1, -0.05) is 30.3 Å². The zero-order chi connectivity index (χ0) is 15.4. The molecule has 0 spiro atoms. The Morgan fingerprint density at radius 1 is 1.27 bits per heavy atom. The predicted octanol–water partition coefficient (Wildman–Crippen LogP) is 2.11. The van der Waals surface area contributed by atoms with Gasteiger partial charge < -0.3 is 14.6 Å². The van der Waals surface area contributed by atoms with E-state index in [-0.39, 0.29) is 11.8 Å². The Morgan fingerprint density at radius 2 is 2.09 bits per heavy atom. The number of rotatable bonds is 4. The van der Waals surface area contributed by atoms with E-state index < -0.39 is 6.04 Å². The second kappa shape index (κ2) is 6.70. The van der Waals surface area contributed by atoms with Crippen molar-refractivity contribution >= 4 is 23.6 Å². The van der Waals surface area contributed by atoms with Crippen molar-refractivity contribution in [3.8, 4) is 0 Å². The molecule has 1 atom stereocenters. The first-order valence-electron chi connectivity index (χ1n) is 6.98. The van der Waals surface area contributed by atoms with Gasteiger partial charge in [-0.05, 0) is 11.6 Å². The number of hydrogen-bond acceptors (Lipinski definition) is 4. The second-order valence-electron chi connectivity index (χ2n) is 5.01. The highest BCUT2D eigenvalue weighted by Gasteiger charge is 2.35. The molecule has 5 nitrogen and oxygen atoms in total. The number of nitrogens with zero attached hydrogens (tertiary/aromatic N) is 1. The second-order valence-corrected chi connectivity index (χ2v) is 6.01. The van der Waals surface area contributed by atoms with E-state index in [1.54, 1.807) is 22.7 Å². The van der Waals surface area contributed by atoms with Gasteiger partial charge >= 0.3 is 0 Å². The highest BCUT2D eigenvalue weighted by molar-refractivity contribution is 7.99. The van der Waals surface area contributed by atoms with Crippen LogP contribution >= 0.6 is 11.8 Å². The zero-order valence-corrected chi connectivity index (χ0v) is 12.7. The van der Waals surface area contributed by atoms with Crippen LogP contribution < -0.4 is 5.32 Å². The quantitative estimate of drug-likeness (QED) is 0.938. The average molecular weight is 316 g/mol. The van der Waals surface area contributed by atoms with Gasteiger partial charge in [-0.3, -0.25) is 9.59 Å². The summed E-state index contributed by atoms with van der Waals surface area (Å²) in [5.41, 5.74) is 1.51. The molecule has 1 aromatic carbocycles. The first-order valence-corrected chi connectivity index (χ1v) is 8.14. The van der Waals surface area contributed by atoms with Crippen LogP contribution in [0.3, 0.4) is 0 Å². The van der Waals surface area contributed by atoms with Gasteiger partial charge in [0.05, 0.1) is 17.7 Å². The SMILES string of the molecule is O=C(NCc1ccccc1)C1CSCN1C(=O)c1ccoc1. The van der Waals surface area contributed by atoms with Crippen LogP contribution in [0.25, 0.3) is 0 Å². The molecular weight excluding hydrogens is 300 g/mol. The van der Waals surface area contributed by atoms with Gasteiger partial charge in [0.25, 0.3) is 5.91 Å². The van der Waals surface area contributed by atoms with Crippen LogP contribution in [0.5, 0.6) is 0 Å². The minimum Gasteiger partial charge on any atom is -0.472 e. The summed E-state index contributed by atoms with van der Waals surface area (Å²) in [5.74, 6) is 0.849. The molecule has 3 rings (SSSR count). The normalized spacial score (nSPS) is 17.5. The molecule has 6 heteroatoms. The summed E-state index contributed by atoms with van der Waals surface area (Å²) in [5, 5.41) is 2.90. The monoisotopic (exact) mass is 316 g/mol. The van der Waals surface area contributed by atoms with Crippen molar-refractivity contribution in [2.45, 2.75) is 12.6 Å². The van der Waals surface area contributed by atoms with Gasteiger partial charge in [-0.15, -0.1) is 11.8 Å². The largest absolute Gasteiger partial charge is 0.472 e.